The topological polar surface area (TPSA) is 66.9 Å². The Labute approximate surface area is 177 Å². The fourth-order valence-corrected chi connectivity index (χ4v) is 4.97. The highest BCUT2D eigenvalue weighted by molar-refractivity contribution is 6.30. The summed E-state index contributed by atoms with van der Waals surface area (Å²) in [5, 5.41) is 7.59. The molecule has 2 fully saturated rings. The molecular weight excluding hydrogens is 384 g/mol. The zero-order chi connectivity index (χ0) is 20.1. The lowest BCUT2D eigenvalue weighted by atomic mass is 9.84. The summed E-state index contributed by atoms with van der Waals surface area (Å²) < 4.78 is 0. The van der Waals surface area contributed by atoms with Crippen molar-refractivity contribution in [2.45, 2.75) is 63.5 Å². The zero-order valence-corrected chi connectivity index (χ0v) is 17.4. The number of halogens is 1. The second-order valence-electron chi connectivity index (χ2n) is 8.38. The highest BCUT2D eigenvalue weighted by Crippen LogP contribution is 2.37. The van der Waals surface area contributed by atoms with Gasteiger partial charge in [-0.2, -0.15) is 0 Å². The third kappa shape index (κ3) is 5.27. The quantitative estimate of drug-likeness (QED) is 0.688. The van der Waals surface area contributed by atoms with Crippen LogP contribution in [0.2, 0.25) is 5.02 Å². The Morgan fingerprint density at radius 1 is 1.03 bits per heavy atom. The number of hydrogen-bond acceptors (Lipinski definition) is 4. The summed E-state index contributed by atoms with van der Waals surface area (Å²) in [4.78, 5) is 21.6. The maximum absolute atomic E-state index is 13.2. The van der Waals surface area contributed by atoms with Crippen LogP contribution in [-0.2, 0) is 4.79 Å². The van der Waals surface area contributed by atoms with E-state index in [1.54, 1.807) is 18.6 Å². The molecule has 3 atom stereocenters. The number of nitrogens with zero attached hydrogens (tertiary/aromatic N) is 2. The van der Waals surface area contributed by atoms with E-state index in [2.05, 4.69) is 32.7 Å². The Bertz CT molecular complexity index is 792. The van der Waals surface area contributed by atoms with E-state index in [-0.39, 0.29) is 23.9 Å². The van der Waals surface area contributed by atoms with Gasteiger partial charge in [0, 0.05) is 29.4 Å². The van der Waals surface area contributed by atoms with E-state index in [4.69, 9.17) is 11.6 Å². The molecule has 5 nitrogen and oxygen atoms in total. The first kappa shape index (κ1) is 20.1. The molecule has 0 spiro atoms. The van der Waals surface area contributed by atoms with Crippen LogP contribution in [0, 0.1) is 11.8 Å². The highest BCUT2D eigenvalue weighted by atomic mass is 35.5. The van der Waals surface area contributed by atoms with E-state index in [1.807, 2.05) is 12.1 Å². The van der Waals surface area contributed by atoms with E-state index in [1.165, 1.54) is 31.2 Å². The van der Waals surface area contributed by atoms with Gasteiger partial charge in [-0.1, -0.05) is 43.0 Å². The van der Waals surface area contributed by atoms with Gasteiger partial charge in [-0.25, -0.2) is 4.98 Å². The molecule has 0 aliphatic heterocycles. The second-order valence-corrected chi connectivity index (χ2v) is 8.81. The number of rotatable bonds is 6. The molecule has 0 saturated heterocycles. The van der Waals surface area contributed by atoms with Crippen molar-refractivity contribution in [1.29, 1.82) is 0 Å². The number of amides is 1. The third-order valence-corrected chi connectivity index (χ3v) is 6.61. The monoisotopic (exact) mass is 412 g/mol. The summed E-state index contributed by atoms with van der Waals surface area (Å²) >= 11 is 6.08. The summed E-state index contributed by atoms with van der Waals surface area (Å²) in [6.07, 6.45) is 13.8. The van der Waals surface area contributed by atoms with E-state index in [0.717, 1.165) is 36.5 Å². The molecule has 29 heavy (non-hydrogen) atoms. The standard InChI is InChI=1S/C23H29ClN4O/c24-19-10-8-17(9-11-19)22(16-4-1-2-5-16)28-23(29)18-6-3-7-20(14-18)27-21-15-25-12-13-26-21/h8-13,15-16,18,20,22H,1-7,14H2,(H,26,27)(H,28,29). The Balaban J connectivity index is 1.41. The van der Waals surface area contributed by atoms with Gasteiger partial charge in [-0.15, -0.1) is 0 Å². The minimum absolute atomic E-state index is 0.0362. The predicted molar refractivity (Wildman–Crippen MR) is 116 cm³/mol. The molecule has 1 amide bonds. The maximum Gasteiger partial charge on any atom is 0.223 e. The molecule has 1 aromatic carbocycles. The normalized spacial score (nSPS) is 23.5. The lowest BCUT2D eigenvalue weighted by Crippen LogP contribution is -2.40. The first-order chi connectivity index (χ1) is 14.2. The van der Waals surface area contributed by atoms with Crippen molar-refractivity contribution in [3.8, 4) is 0 Å². The number of hydrogen-bond donors (Lipinski definition) is 2. The van der Waals surface area contributed by atoms with Crippen molar-refractivity contribution in [3.63, 3.8) is 0 Å². The molecule has 2 aromatic rings. The summed E-state index contributed by atoms with van der Waals surface area (Å²) in [6, 6.07) is 8.31. The van der Waals surface area contributed by atoms with Crippen molar-refractivity contribution in [2.24, 2.45) is 11.8 Å². The Morgan fingerprint density at radius 2 is 1.83 bits per heavy atom. The van der Waals surface area contributed by atoms with Crippen LogP contribution >= 0.6 is 11.6 Å². The van der Waals surface area contributed by atoms with Gasteiger partial charge in [-0.3, -0.25) is 9.78 Å². The lowest BCUT2D eigenvalue weighted by Gasteiger charge is -2.32. The Kier molecular flexibility index (Phi) is 6.65. The van der Waals surface area contributed by atoms with Gasteiger partial charge in [0.05, 0.1) is 12.2 Å². The van der Waals surface area contributed by atoms with Gasteiger partial charge >= 0.3 is 0 Å². The van der Waals surface area contributed by atoms with Crippen molar-refractivity contribution in [3.05, 3.63) is 53.4 Å². The SMILES string of the molecule is O=C(NC(c1ccc(Cl)cc1)C1CCCC1)C1CCCC(Nc2cnccn2)C1. The maximum atomic E-state index is 13.2. The Hall–Kier alpha value is -2.14. The van der Waals surface area contributed by atoms with Crippen molar-refractivity contribution < 1.29 is 4.79 Å². The molecule has 2 aliphatic rings. The molecular formula is C23H29ClN4O. The van der Waals surface area contributed by atoms with E-state index < -0.39 is 0 Å². The van der Waals surface area contributed by atoms with Gasteiger partial charge in [0.1, 0.15) is 5.82 Å². The number of aromatic nitrogens is 2. The first-order valence-corrected chi connectivity index (χ1v) is 11.2. The minimum Gasteiger partial charge on any atom is -0.366 e. The fourth-order valence-electron chi connectivity index (χ4n) is 4.85. The van der Waals surface area contributed by atoms with Crippen molar-refractivity contribution >= 4 is 23.3 Å². The number of anilines is 1. The Morgan fingerprint density at radius 3 is 2.55 bits per heavy atom. The van der Waals surface area contributed by atoms with Crippen LogP contribution in [0.1, 0.15) is 63.0 Å². The van der Waals surface area contributed by atoms with Crippen LogP contribution in [0.25, 0.3) is 0 Å². The molecule has 2 saturated carbocycles. The van der Waals surface area contributed by atoms with E-state index >= 15 is 0 Å². The van der Waals surface area contributed by atoms with Gasteiger partial charge in [0.15, 0.2) is 0 Å². The largest absolute Gasteiger partial charge is 0.366 e. The van der Waals surface area contributed by atoms with Crippen LogP contribution in [0.3, 0.4) is 0 Å². The van der Waals surface area contributed by atoms with Gasteiger partial charge < -0.3 is 10.6 Å². The average Bonchev–Trinajstić information content (AvgIpc) is 3.28. The van der Waals surface area contributed by atoms with Crippen molar-refractivity contribution in [1.82, 2.24) is 15.3 Å². The van der Waals surface area contributed by atoms with Crippen LogP contribution in [0.15, 0.2) is 42.9 Å². The van der Waals surface area contributed by atoms with Crippen LogP contribution < -0.4 is 10.6 Å². The smallest absolute Gasteiger partial charge is 0.223 e. The molecule has 154 valence electrons. The number of carbonyl (C=O) groups is 1. The van der Waals surface area contributed by atoms with Crippen molar-refractivity contribution in [2.75, 3.05) is 5.32 Å². The molecule has 2 N–H and O–H groups in total. The number of benzene rings is 1. The van der Waals surface area contributed by atoms with Crippen LogP contribution in [0.5, 0.6) is 0 Å². The predicted octanol–water partition coefficient (Wildman–Crippen LogP) is 5.15. The molecule has 1 aromatic heterocycles. The summed E-state index contributed by atoms with van der Waals surface area (Å²) in [7, 11) is 0. The zero-order valence-electron chi connectivity index (χ0n) is 16.7. The number of nitrogens with one attached hydrogen (secondary N) is 2. The highest BCUT2D eigenvalue weighted by Gasteiger charge is 2.32. The first-order valence-electron chi connectivity index (χ1n) is 10.8. The molecule has 4 rings (SSSR count). The molecule has 0 bridgehead atoms. The van der Waals surface area contributed by atoms with Gasteiger partial charge in [-0.05, 0) is 55.7 Å². The lowest BCUT2D eigenvalue weighted by molar-refractivity contribution is -0.127. The number of carbonyl (C=O) groups excluding carboxylic acids is 1. The minimum atomic E-state index is 0.0362. The molecule has 2 aliphatic carbocycles. The fraction of sp³-hybridized carbons (Fsp3) is 0.522. The third-order valence-electron chi connectivity index (χ3n) is 6.36. The molecule has 6 heteroatoms. The summed E-state index contributed by atoms with van der Waals surface area (Å²) in [5.74, 6) is 1.51. The summed E-state index contributed by atoms with van der Waals surface area (Å²) in [5.41, 5.74) is 1.17. The van der Waals surface area contributed by atoms with E-state index in [0.29, 0.717) is 5.92 Å². The van der Waals surface area contributed by atoms with E-state index in [9.17, 15) is 4.79 Å². The molecule has 0 radical (unpaired) electrons. The second kappa shape index (κ2) is 9.57. The van der Waals surface area contributed by atoms with Gasteiger partial charge in [0.25, 0.3) is 0 Å². The van der Waals surface area contributed by atoms with Crippen LogP contribution in [0.4, 0.5) is 5.82 Å². The average molecular weight is 413 g/mol. The summed E-state index contributed by atoms with van der Waals surface area (Å²) in [6.45, 7) is 0. The van der Waals surface area contributed by atoms with Crippen LogP contribution in [-0.4, -0.2) is 21.9 Å². The van der Waals surface area contributed by atoms with Gasteiger partial charge in [0.2, 0.25) is 5.91 Å². The molecule has 1 heterocycles. The molecule has 3 unspecified atom stereocenters.